The number of benzene rings is 1. The molecular weight excluding hydrogens is 314 g/mol. The Morgan fingerprint density at radius 2 is 1.96 bits per heavy atom. The molecular formula is C14H12F2N2O5. The second kappa shape index (κ2) is 6.97. The molecule has 0 radical (unpaired) electrons. The van der Waals surface area contributed by atoms with Crippen molar-refractivity contribution in [3.63, 3.8) is 0 Å². The van der Waals surface area contributed by atoms with Crippen molar-refractivity contribution in [3.8, 4) is 17.1 Å². The van der Waals surface area contributed by atoms with E-state index >= 15 is 0 Å². The van der Waals surface area contributed by atoms with Crippen LogP contribution in [0.25, 0.3) is 11.4 Å². The van der Waals surface area contributed by atoms with E-state index in [1.807, 2.05) is 0 Å². The molecule has 1 heterocycles. The van der Waals surface area contributed by atoms with E-state index in [1.54, 1.807) is 0 Å². The minimum atomic E-state index is -1.67. The van der Waals surface area contributed by atoms with Gasteiger partial charge in [-0.1, -0.05) is 0 Å². The maximum atomic E-state index is 13.4. The van der Waals surface area contributed by atoms with Crippen molar-refractivity contribution in [1.29, 1.82) is 0 Å². The molecule has 0 saturated heterocycles. The van der Waals surface area contributed by atoms with Gasteiger partial charge < -0.3 is 14.6 Å². The second-order valence-corrected chi connectivity index (χ2v) is 4.42. The summed E-state index contributed by atoms with van der Waals surface area (Å²) in [5.41, 5.74) is -0.781. The monoisotopic (exact) mass is 326 g/mol. The fourth-order valence-corrected chi connectivity index (χ4v) is 1.94. The molecule has 9 heteroatoms. The summed E-state index contributed by atoms with van der Waals surface area (Å²) in [6, 6.07) is 2.70. The van der Waals surface area contributed by atoms with Crippen molar-refractivity contribution < 1.29 is 28.2 Å². The van der Waals surface area contributed by atoms with Gasteiger partial charge >= 0.3 is 6.16 Å². The van der Waals surface area contributed by atoms with Gasteiger partial charge in [0.25, 0.3) is 5.56 Å². The Bertz CT molecular complexity index is 771. The van der Waals surface area contributed by atoms with E-state index in [-0.39, 0.29) is 24.5 Å². The lowest BCUT2D eigenvalue weighted by Crippen LogP contribution is -2.27. The third-order valence-electron chi connectivity index (χ3n) is 2.85. The number of carbonyl (C=O) groups is 1. The standard InChI is InChI=1S/C14H12F2N2O5/c1-22-3-2-18-12(8-4-9(15)6-10(16)5-8)17-7-11(13(18)19)23-14(20)21/h4-7H,2-3H2,1H3,(H,20,21). The Labute approximate surface area is 128 Å². The summed E-state index contributed by atoms with van der Waals surface area (Å²) in [6.07, 6.45) is -0.788. The first kappa shape index (κ1) is 16.6. The van der Waals surface area contributed by atoms with Gasteiger partial charge in [0, 0.05) is 18.7 Å². The van der Waals surface area contributed by atoms with Gasteiger partial charge in [-0.05, 0) is 12.1 Å². The Balaban J connectivity index is 2.60. The lowest BCUT2D eigenvalue weighted by Gasteiger charge is -2.13. The molecule has 2 rings (SSSR count). The zero-order valence-corrected chi connectivity index (χ0v) is 12.0. The van der Waals surface area contributed by atoms with Gasteiger partial charge in [0.15, 0.2) is 0 Å². The van der Waals surface area contributed by atoms with E-state index in [0.717, 1.165) is 22.9 Å². The number of hydrogen-bond donors (Lipinski definition) is 1. The lowest BCUT2D eigenvalue weighted by molar-refractivity contribution is 0.143. The van der Waals surface area contributed by atoms with Gasteiger partial charge in [-0.25, -0.2) is 18.6 Å². The number of hydrogen-bond acceptors (Lipinski definition) is 5. The highest BCUT2D eigenvalue weighted by Crippen LogP contribution is 2.20. The van der Waals surface area contributed by atoms with Crippen LogP contribution in [0.2, 0.25) is 0 Å². The molecule has 0 amide bonds. The first-order valence-corrected chi connectivity index (χ1v) is 6.38. The first-order chi connectivity index (χ1) is 10.9. The second-order valence-electron chi connectivity index (χ2n) is 4.42. The quantitative estimate of drug-likeness (QED) is 0.844. The molecule has 0 aliphatic heterocycles. The number of aromatic nitrogens is 2. The van der Waals surface area contributed by atoms with Gasteiger partial charge in [0.05, 0.1) is 19.3 Å². The van der Waals surface area contributed by atoms with Crippen LogP contribution in [0.5, 0.6) is 5.75 Å². The third kappa shape index (κ3) is 3.89. The largest absolute Gasteiger partial charge is 0.511 e. The normalized spacial score (nSPS) is 10.6. The highest BCUT2D eigenvalue weighted by molar-refractivity contribution is 5.61. The molecule has 2 aromatic rings. The van der Waals surface area contributed by atoms with Gasteiger partial charge in [0.1, 0.15) is 17.5 Å². The van der Waals surface area contributed by atoms with E-state index in [1.165, 1.54) is 7.11 Å². The van der Waals surface area contributed by atoms with Gasteiger partial charge in [-0.3, -0.25) is 9.36 Å². The number of methoxy groups -OCH3 is 1. The average molecular weight is 326 g/mol. The van der Waals surface area contributed by atoms with Crippen LogP contribution in [0, 0.1) is 11.6 Å². The summed E-state index contributed by atoms with van der Waals surface area (Å²) in [7, 11) is 1.40. The van der Waals surface area contributed by atoms with Crippen LogP contribution in [0.3, 0.4) is 0 Å². The van der Waals surface area contributed by atoms with Crippen molar-refractivity contribution in [3.05, 3.63) is 46.4 Å². The molecule has 7 nitrogen and oxygen atoms in total. The van der Waals surface area contributed by atoms with Crippen LogP contribution in [0.15, 0.2) is 29.2 Å². The van der Waals surface area contributed by atoms with Gasteiger partial charge in [0.2, 0.25) is 5.75 Å². The highest BCUT2D eigenvalue weighted by atomic mass is 19.1. The molecule has 0 aliphatic rings. The van der Waals surface area contributed by atoms with Crippen LogP contribution in [0.1, 0.15) is 0 Å². The van der Waals surface area contributed by atoms with Gasteiger partial charge in [-0.15, -0.1) is 0 Å². The summed E-state index contributed by atoms with van der Waals surface area (Å²) in [5, 5.41) is 8.60. The zero-order chi connectivity index (χ0) is 17.0. The fraction of sp³-hybridized carbons (Fsp3) is 0.214. The molecule has 1 aromatic carbocycles. The fourth-order valence-electron chi connectivity index (χ4n) is 1.94. The Hall–Kier alpha value is -2.81. The molecule has 0 atom stereocenters. The first-order valence-electron chi connectivity index (χ1n) is 6.38. The minimum Gasteiger partial charge on any atom is -0.449 e. The molecule has 23 heavy (non-hydrogen) atoms. The Kier molecular flexibility index (Phi) is 5.02. The molecule has 1 N–H and O–H groups in total. The Morgan fingerprint density at radius 1 is 1.30 bits per heavy atom. The molecule has 122 valence electrons. The number of nitrogens with zero attached hydrogens (tertiary/aromatic N) is 2. The number of carboxylic acid groups (broad SMARTS) is 1. The molecule has 0 spiro atoms. The number of rotatable bonds is 5. The van der Waals surface area contributed by atoms with Crippen LogP contribution in [-0.2, 0) is 11.3 Å². The lowest BCUT2D eigenvalue weighted by atomic mass is 10.2. The maximum Gasteiger partial charge on any atom is 0.511 e. The topological polar surface area (TPSA) is 90.7 Å². The molecule has 0 fully saturated rings. The van der Waals surface area contributed by atoms with Crippen LogP contribution in [-0.4, -0.2) is 34.5 Å². The smallest absolute Gasteiger partial charge is 0.449 e. The summed E-state index contributed by atoms with van der Waals surface area (Å²) in [4.78, 5) is 26.7. The average Bonchev–Trinajstić information content (AvgIpc) is 2.46. The van der Waals surface area contributed by atoms with Crippen molar-refractivity contribution >= 4 is 6.16 Å². The molecule has 0 saturated carbocycles. The van der Waals surface area contributed by atoms with Crippen LogP contribution >= 0.6 is 0 Å². The van der Waals surface area contributed by atoms with E-state index in [2.05, 4.69) is 9.72 Å². The third-order valence-corrected chi connectivity index (χ3v) is 2.85. The van der Waals surface area contributed by atoms with Crippen molar-refractivity contribution in [1.82, 2.24) is 9.55 Å². The summed E-state index contributed by atoms with van der Waals surface area (Å²) in [5.74, 6) is -2.23. The summed E-state index contributed by atoms with van der Waals surface area (Å²) >= 11 is 0. The van der Waals surface area contributed by atoms with Crippen LogP contribution < -0.4 is 10.3 Å². The van der Waals surface area contributed by atoms with Crippen molar-refractivity contribution in [2.45, 2.75) is 6.54 Å². The zero-order valence-electron chi connectivity index (χ0n) is 12.0. The molecule has 1 aromatic heterocycles. The van der Waals surface area contributed by atoms with Crippen molar-refractivity contribution in [2.24, 2.45) is 0 Å². The Morgan fingerprint density at radius 3 is 2.52 bits per heavy atom. The molecule has 0 bridgehead atoms. The maximum absolute atomic E-state index is 13.4. The predicted octanol–water partition coefficient (Wildman–Crippen LogP) is 1.89. The highest BCUT2D eigenvalue weighted by Gasteiger charge is 2.16. The van der Waals surface area contributed by atoms with E-state index in [0.29, 0.717) is 6.07 Å². The van der Waals surface area contributed by atoms with Gasteiger partial charge in [-0.2, -0.15) is 0 Å². The SMILES string of the molecule is COCCn1c(-c2cc(F)cc(F)c2)ncc(OC(=O)O)c1=O. The van der Waals surface area contributed by atoms with E-state index in [9.17, 15) is 18.4 Å². The predicted molar refractivity (Wildman–Crippen MR) is 74.4 cm³/mol. The number of ether oxygens (including phenoxy) is 2. The summed E-state index contributed by atoms with van der Waals surface area (Å²) in [6.45, 7) is 0.0928. The number of halogens is 2. The molecule has 0 aliphatic carbocycles. The molecule has 0 unspecified atom stereocenters. The summed E-state index contributed by atoms with van der Waals surface area (Å²) < 4.78 is 37.0. The van der Waals surface area contributed by atoms with E-state index in [4.69, 9.17) is 9.84 Å². The van der Waals surface area contributed by atoms with Crippen LogP contribution in [0.4, 0.5) is 13.6 Å². The van der Waals surface area contributed by atoms with E-state index < -0.39 is 29.1 Å². The minimum absolute atomic E-state index is 0.00732. The van der Waals surface area contributed by atoms with Crippen molar-refractivity contribution in [2.75, 3.05) is 13.7 Å².